The molecule has 0 radical (unpaired) electrons. The molecule has 0 spiro atoms. The molecule has 0 saturated carbocycles. The summed E-state index contributed by atoms with van der Waals surface area (Å²) in [5.74, 6) is 0. The first kappa shape index (κ1) is 10.1. The van der Waals surface area contributed by atoms with Gasteiger partial charge in [0.25, 0.3) is 0 Å². The van der Waals surface area contributed by atoms with Gasteiger partial charge in [-0.2, -0.15) is 0 Å². The van der Waals surface area contributed by atoms with E-state index in [-0.39, 0.29) is 0 Å². The van der Waals surface area contributed by atoms with Gasteiger partial charge in [0.15, 0.2) is 0 Å². The molecule has 20 heavy (non-hydrogen) atoms. The van der Waals surface area contributed by atoms with Gasteiger partial charge in [0.05, 0.1) is 5.37 Å². The third-order valence-corrected chi connectivity index (χ3v) is 4.77. The van der Waals surface area contributed by atoms with Crippen molar-refractivity contribution < 1.29 is 4.11 Å². The summed E-state index contributed by atoms with van der Waals surface area (Å²) in [5, 5.41) is -0.598. The van der Waals surface area contributed by atoms with E-state index in [2.05, 4.69) is 0 Å². The van der Waals surface area contributed by atoms with Gasteiger partial charge in [-0.25, -0.2) is 0 Å². The van der Waals surface area contributed by atoms with E-state index in [0.29, 0.717) is 0 Å². The van der Waals surface area contributed by atoms with E-state index in [9.17, 15) is 0 Å². The number of benzene rings is 2. The third kappa shape index (κ3) is 2.25. The maximum Gasteiger partial charge on any atom is 0.0815 e. The van der Waals surface area contributed by atoms with Gasteiger partial charge in [-0.3, -0.25) is 0 Å². The summed E-state index contributed by atoms with van der Waals surface area (Å²) in [6.07, 6.45) is 0. The van der Waals surface area contributed by atoms with Crippen LogP contribution in [-0.4, -0.2) is 5.37 Å². The first-order valence-corrected chi connectivity index (χ1v) is 7.55. The summed E-state index contributed by atoms with van der Waals surface area (Å²) in [5.41, 5.74) is 4.11. The molecule has 0 aromatic heterocycles. The first-order chi connectivity index (χ1) is 10.9. The molecule has 0 N–H and O–H groups in total. The molecule has 0 aliphatic carbocycles. The van der Waals surface area contributed by atoms with Crippen LogP contribution in [0, 0.1) is 6.92 Å². The molecule has 0 fully saturated rings. The monoisotopic (exact) mass is 284 g/mol. The van der Waals surface area contributed by atoms with Gasteiger partial charge in [0, 0.05) is 20.4 Å². The SMILES string of the molecule is [2H]C([2H])([2H])C1SC(c2ccccc2)=C(C)N1c1ccccc1C. The summed E-state index contributed by atoms with van der Waals surface area (Å²) in [6, 6.07) is 17.9. The van der Waals surface area contributed by atoms with Crippen LogP contribution in [0.25, 0.3) is 4.91 Å². The highest BCUT2D eigenvalue weighted by Gasteiger charge is 2.29. The smallest absolute Gasteiger partial charge is 0.0815 e. The van der Waals surface area contributed by atoms with Crippen molar-refractivity contribution >= 4 is 22.4 Å². The molecular formula is C18H19NS. The van der Waals surface area contributed by atoms with Crippen LogP contribution in [0.1, 0.15) is 29.0 Å². The lowest BCUT2D eigenvalue weighted by atomic mass is 10.1. The standard InChI is InChI=1S/C18H19NS/c1-13-9-7-8-12-17(13)19-14(2)18(20-15(19)3)16-10-5-4-6-11-16/h4-12,15H,1-3H3/i3D3. The quantitative estimate of drug-likeness (QED) is 0.738. The van der Waals surface area contributed by atoms with Crippen LogP contribution in [-0.2, 0) is 0 Å². The van der Waals surface area contributed by atoms with Gasteiger partial charge in [-0.15, -0.1) is 0 Å². The molecule has 2 aromatic carbocycles. The topological polar surface area (TPSA) is 3.24 Å². The highest BCUT2D eigenvalue weighted by molar-refractivity contribution is 8.09. The van der Waals surface area contributed by atoms with Crippen molar-refractivity contribution in [2.45, 2.75) is 26.1 Å². The fourth-order valence-corrected chi connectivity index (χ4v) is 3.68. The van der Waals surface area contributed by atoms with Gasteiger partial charge < -0.3 is 4.90 Å². The highest BCUT2D eigenvalue weighted by Crippen LogP contribution is 2.46. The van der Waals surface area contributed by atoms with Crippen LogP contribution in [0.5, 0.6) is 0 Å². The summed E-state index contributed by atoms with van der Waals surface area (Å²) in [7, 11) is 0. The van der Waals surface area contributed by atoms with Crippen molar-refractivity contribution in [1.29, 1.82) is 0 Å². The number of hydrogen-bond donors (Lipinski definition) is 0. The van der Waals surface area contributed by atoms with Gasteiger partial charge >= 0.3 is 0 Å². The molecule has 1 unspecified atom stereocenters. The Balaban J connectivity index is 2.12. The van der Waals surface area contributed by atoms with Gasteiger partial charge in [0.2, 0.25) is 0 Å². The number of aryl methyl sites for hydroxylation is 1. The van der Waals surface area contributed by atoms with Crippen LogP contribution in [0.15, 0.2) is 60.3 Å². The minimum Gasteiger partial charge on any atom is -0.332 e. The van der Waals surface area contributed by atoms with E-state index in [1.165, 1.54) is 11.8 Å². The van der Waals surface area contributed by atoms with Crippen LogP contribution in [0.3, 0.4) is 0 Å². The van der Waals surface area contributed by atoms with E-state index in [1.54, 1.807) is 0 Å². The number of para-hydroxylation sites is 1. The van der Waals surface area contributed by atoms with E-state index >= 15 is 0 Å². The second kappa shape index (κ2) is 5.37. The van der Waals surface area contributed by atoms with E-state index < -0.39 is 12.2 Å². The fourth-order valence-electron chi connectivity index (χ4n) is 2.54. The van der Waals surface area contributed by atoms with Crippen molar-refractivity contribution in [2.24, 2.45) is 0 Å². The zero-order chi connectivity index (χ0) is 16.6. The Morgan fingerprint density at radius 2 is 1.70 bits per heavy atom. The van der Waals surface area contributed by atoms with Gasteiger partial charge in [-0.05, 0) is 37.9 Å². The Hall–Kier alpha value is -1.67. The minimum absolute atomic E-state index is 0.598. The number of thioether (sulfide) groups is 1. The molecule has 0 saturated heterocycles. The van der Waals surface area contributed by atoms with E-state index in [4.69, 9.17) is 4.11 Å². The number of rotatable bonds is 2. The third-order valence-electron chi connectivity index (χ3n) is 3.56. The average Bonchev–Trinajstić information content (AvgIpc) is 2.86. The molecule has 1 heterocycles. The van der Waals surface area contributed by atoms with Crippen molar-refractivity contribution in [2.75, 3.05) is 4.90 Å². The van der Waals surface area contributed by atoms with Crippen LogP contribution in [0.2, 0.25) is 0 Å². The summed E-state index contributed by atoms with van der Waals surface area (Å²) in [6.45, 7) is 1.96. The Morgan fingerprint density at radius 1 is 1.00 bits per heavy atom. The molecular weight excluding hydrogens is 262 g/mol. The zero-order valence-electron chi connectivity index (χ0n) is 14.6. The Morgan fingerprint density at radius 3 is 2.40 bits per heavy atom. The lowest BCUT2D eigenvalue weighted by molar-refractivity contribution is 0.915. The molecule has 1 nitrogen and oxygen atoms in total. The highest BCUT2D eigenvalue weighted by atomic mass is 32.2. The largest absolute Gasteiger partial charge is 0.332 e. The second-order valence-corrected chi connectivity index (χ2v) is 6.00. The minimum atomic E-state index is -2.06. The Bertz CT molecular complexity index is 737. The number of hydrogen-bond acceptors (Lipinski definition) is 2. The van der Waals surface area contributed by atoms with E-state index in [1.807, 2.05) is 73.3 Å². The predicted octanol–water partition coefficient (Wildman–Crippen LogP) is 5.28. The number of anilines is 1. The maximum atomic E-state index is 7.97. The first-order valence-electron chi connectivity index (χ1n) is 8.17. The van der Waals surface area contributed by atoms with Crippen LogP contribution >= 0.6 is 11.8 Å². The molecule has 0 bridgehead atoms. The fraction of sp³-hybridized carbons (Fsp3) is 0.222. The Kier molecular flexibility index (Phi) is 2.72. The lowest BCUT2D eigenvalue weighted by Crippen LogP contribution is -2.25. The van der Waals surface area contributed by atoms with Gasteiger partial charge in [-0.1, -0.05) is 60.3 Å². The molecule has 3 rings (SSSR count). The normalized spacial score (nSPS) is 21.6. The predicted molar refractivity (Wildman–Crippen MR) is 89.7 cm³/mol. The number of nitrogens with zero attached hydrogens (tertiary/aromatic N) is 1. The molecule has 1 atom stereocenters. The lowest BCUT2D eigenvalue weighted by Gasteiger charge is -2.26. The van der Waals surface area contributed by atoms with Crippen molar-refractivity contribution in [1.82, 2.24) is 0 Å². The van der Waals surface area contributed by atoms with Crippen LogP contribution < -0.4 is 4.90 Å². The van der Waals surface area contributed by atoms with Crippen molar-refractivity contribution in [3.05, 3.63) is 71.4 Å². The Labute approximate surface area is 129 Å². The molecule has 1 aliphatic rings. The maximum absolute atomic E-state index is 7.97. The average molecular weight is 284 g/mol. The molecule has 102 valence electrons. The number of allylic oxidation sites excluding steroid dienone is 1. The molecule has 1 aliphatic heterocycles. The van der Waals surface area contributed by atoms with E-state index in [0.717, 1.165) is 27.4 Å². The van der Waals surface area contributed by atoms with Crippen molar-refractivity contribution in [3.63, 3.8) is 0 Å². The van der Waals surface area contributed by atoms with Gasteiger partial charge in [0.1, 0.15) is 0 Å². The van der Waals surface area contributed by atoms with Crippen molar-refractivity contribution in [3.8, 4) is 0 Å². The molecule has 2 aromatic rings. The van der Waals surface area contributed by atoms with Crippen LogP contribution in [0.4, 0.5) is 5.69 Å². The molecule has 2 heteroatoms. The second-order valence-electron chi connectivity index (χ2n) is 4.91. The molecule has 0 amide bonds. The summed E-state index contributed by atoms with van der Waals surface area (Å²) in [4.78, 5) is 3.00. The summed E-state index contributed by atoms with van der Waals surface area (Å²) >= 11 is 1.43. The summed E-state index contributed by atoms with van der Waals surface area (Å²) < 4.78 is 23.9. The zero-order valence-corrected chi connectivity index (χ0v) is 12.4.